The number of piperidine rings is 1. The van der Waals surface area contributed by atoms with Gasteiger partial charge in [0.05, 0.1) is 12.1 Å². The van der Waals surface area contributed by atoms with Crippen molar-refractivity contribution < 1.29 is 4.79 Å². The number of hydrogen-bond donors (Lipinski definition) is 1. The molecule has 0 aliphatic carbocycles. The molecule has 20 heavy (non-hydrogen) atoms. The zero-order valence-corrected chi connectivity index (χ0v) is 11.9. The number of nitriles is 1. The van der Waals surface area contributed by atoms with Crippen molar-refractivity contribution in [3.05, 3.63) is 35.9 Å². The highest BCUT2D eigenvalue weighted by Crippen LogP contribution is 2.18. The van der Waals surface area contributed by atoms with Crippen LogP contribution in [0.4, 0.5) is 0 Å². The molecule has 1 aliphatic rings. The number of carbonyl (C=O) groups excluding carboxylic acids is 1. The molecule has 0 bridgehead atoms. The van der Waals surface area contributed by atoms with Gasteiger partial charge in [0.1, 0.15) is 6.54 Å². The molecule has 1 aromatic carbocycles. The summed E-state index contributed by atoms with van der Waals surface area (Å²) in [4.78, 5) is 14.3. The van der Waals surface area contributed by atoms with Gasteiger partial charge in [0.25, 0.3) is 0 Å². The number of nitrogens with one attached hydrogen (secondary N) is 1. The maximum atomic E-state index is 12.6. The molecule has 2 unspecified atom stereocenters. The van der Waals surface area contributed by atoms with Gasteiger partial charge < -0.3 is 10.2 Å². The Balaban J connectivity index is 2.07. The lowest BCUT2D eigenvalue weighted by atomic mass is 9.91. The maximum Gasteiger partial charge on any atom is 0.241 e. The van der Waals surface area contributed by atoms with Crippen molar-refractivity contribution in [2.75, 3.05) is 13.1 Å². The van der Waals surface area contributed by atoms with Gasteiger partial charge in [-0.2, -0.15) is 5.26 Å². The first kappa shape index (κ1) is 14.5. The number of benzene rings is 1. The standard InChI is InChI=1S/C16H21N3O/c1-13-6-5-10-18-15(13)16(20)19(11-9-17)12-14-7-3-2-4-8-14/h2-4,7-8,13,15,18H,5-6,10-12H2,1H3. The van der Waals surface area contributed by atoms with E-state index in [1.54, 1.807) is 4.90 Å². The zero-order chi connectivity index (χ0) is 14.4. The van der Waals surface area contributed by atoms with Crippen LogP contribution in [-0.4, -0.2) is 29.9 Å². The quantitative estimate of drug-likeness (QED) is 0.851. The van der Waals surface area contributed by atoms with E-state index in [-0.39, 0.29) is 18.5 Å². The predicted molar refractivity (Wildman–Crippen MR) is 77.7 cm³/mol. The van der Waals surface area contributed by atoms with Crippen LogP contribution in [0, 0.1) is 17.2 Å². The van der Waals surface area contributed by atoms with E-state index in [1.165, 1.54) is 0 Å². The highest BCUT2D eigenvalue weighted by atomic mass is 16.2. The van der Waals surface area contributed by atoms with E-state index in [9.17, 15) is 4.79 Å². The molecule has 0 aromatic heterocycles. The van der Waals surface area contributed by atoms with Gasteiger partial charge in [0, 0.05) is 6.54 Å². The Labute approximate surface area is 120 Å². The second-order valence-corrected chi connectivity index (χ2v) is 5.39. The summed E-state index contributed by atoms with van der Waals surface area (Å²) in [5, 5.41) is 12.3. The smallest absolute Gasteiger partial charge is 0.241 e. The summed E-state index contributed by atoms with van der Waals surface area (Å²) in [7, 11) is 0. The Morgan fingerprint density at radius 2 is 2.20 bits per heavy atom. The molecule has 1 N–H and O–H groups in total. The van der Waals surface area contributed by atoms with Gasteiger partial charge in [-0.05, 0) is 30.9 Å². The van der Waals surface area contributed by atoms with Gasteiger partial charge >= 0.3 is 0 Å². The molecule has 4 nitrogen and oxygen atoms in total. The molecule has 0 radical (unpaired) electrons. The molecular formula is C16H21N3O. The maximum absolute atomic E-state index is 12.6. The van der Waals surface area contributed by atoms with Crippen LogP contribution in [-0.2, 0) is 11.3 Å². The van der Waals surface area contributed by atoms with E-state index in [4.69, 9.17) is 5.26 Å². The number of nitrogens with zero attached hydrogens (tertiary/aromatic N) is 2. The van der Waals surface area contributed by atoms with E-state index >= 15 is 0 Å². The molecule has 1 fully saturated rings. The fraction of sp³-hybridized carbons (Fsp3) is 0.500. The molecule has 4 heteroatoms. The van der Waals surface area contributed by atoms with Crippen molar-refractivity contribution in [2.45, 2.75) is 32.4 Å². The molecule has 1 aliphatic heterocycles. The topological polar surface area (TPSA) is 56.1 Å². The van der Waals surface area contributed by atoms with Gasteiger partial charge in [0.2, 0.25) is 5.91 Å². The fourth-order valence-electron chi connectivity index (χ4n) is 2.68. The lowest BCUT2D eigenvalue weighted by Crippen LogP contribution is -2.52. The van der Waals surface area contributed by atoms with E-state index in [2.05, 4.69) is 18.3 Å². The van der Waals surface area contributed by atoms with Crippen LogP contribution in [0.15, 0.2) is 30.3 Å². The van der Waals surface area contributed by atoms with Crippen LogP contribution in [0.25, 0.3) is 0 Å². The van der Waals surface area contributed by atoms with Crippen LogP contribution in [0.1, 0.15) is 25.3 Å². The fourth-order valence-corrected chi connectivity index (χ4v) is 2.68. The second-order valence-electron chi connectivity index (χ2n) is 5.39. The first-order valence-electron chi connectivity index (χ1n) is 7.15. The minimum absolute atomic E-state index is 0.0441. The van der Waals surface area contributed by atoms with Crippen molar-refractivity contribution in [3.8, 4) is 6.07 Å². The summed E-state index contributed by atoms with van der Waals surface area (Å²) in [6.45, 7) is 3.62. The molecule has 0 saturated carbocycles. The number of rotatable bonds is 4. The summed E-state index contributed by atoms with van der Waals surface area (Å²) in [6, 6.07) is 11.8. The van der Waals surface area contributed by atoms with Gasteiger partial charge in [-0.15, -0.1) is 0 Å². The average molecular weight is 271 g/mol. The average Bonchev–Trinajstić information content (AvgIpc) is 2.48. The Kier molecular flexibility index (Phi) is 5.14. The Morgan fingerprint density at radius 3 is 2.85 bits per heavy atom. The summed E-state index contributed by atoms with van der Waals surface area (Å²) in [6.07, 6.45) is 2.18. The normalized spacial score (nSPS) is 22.0. The van der Waals surface area contributed by atoms with Crippen LogP contribution >= 0.6 is 0 Å². The lowest BCUT2D eigenvalue weighted by Gasteiger charge is -2.33. The van der Waals surface area contributed by atoms with Gasteiger partial charge in [-0.1, -0.05) is 37.3 Å². The van der Waals surface area contributed by atoms with Crippen LogP contribution < -0.4 is 5.32 Å². The monoisotopic (exact) mass is 271 g/mol. The van der Waals surface area contributed by atoms with Gasteiger partial charge in [0.15, 0.2) is 0 Å². The highest BCUT2D eigenvalue weighted by Gasteiger charge is 2.30. The SMILES string of the molecule is CC1CCCNC1C(=O)N(CC#N)Cc1ccccc1. The third-order valence-electron chi connectivity index (χ3n) is 3.83. The van der Waals surface area contributed by atoms with Crippen LogP contribution in [0.3, 0.4) is 0 Å². The lowest BCUT2D eigenvalue weighted by molar-refractivity contribution is -0.135. The minimum Gasteiger partial charge on any atom is -0.324 e. The summed E-state index contributed by atoms with van der Waals surface area (Å²) in [5.41, 5.74) is 1.06. The Hall–Kier alpha value is -1.86. The third-order valence-corrected chi connectivity index (χ3v) is 3.83. The summed E-state index contributed by atoms with van der Waals surface area (Å²) in [5.74, 6) is 0.371. The zero-order valence-electron chi connectivity index (χ0n) is 11.9. The molecule has 2 rings (SSSR count). The molecular weight excluding hydrogens is 250 g/mol. The van der Waals surface area contributed by atoms with Crippen LogP contribution in [0.5, 0.6) is 0 Å². The van der Waals surface area contributed by atoms with Gasteiger partial charge in [-0.25, -0.2) is 0 Å². The van der Waals surface area contributed by atoms with Crippen molar-refractivity contribution in [3.63, 3.8) is 0 Å². The number of hydrogen-bond acceptors (Lipinski definition) is 3. The predicted octanol–water partition coefficient (Wildman–Crippen LogP) is 1.93. The second kappa shape index (κ2) is 7.06. The van der Waals surface area contributed by atoms with E-state index in [0.717, 1.165) is 24.9 Å². The van der Waals surface area contributed by atoms with Crippen molar-refractivity contribution in [1.82, 2.24) is 10.2 Å². The molecule has 1 amide bonds. The van der Waals surface area contributed by atoms with Crippen molar-refractivity contribution >= 4 is 5.91 Å². The highest BCUT2D eigenvalue weighted by molar-refractivity contribution is 5.82. The van der Waals surface area contributed by atoms with E-state index in [0.29, 0.717) is 12.5 Å². The Bertz CT molecular complexity index is 480. The van der Waals surface area contributed by atoms with Crippen molar-refractivity contribution in [1.29, 1.82) is 5.26 Å². The summed E-state index contributed by atoms with van der Waals surface area (Å²) < 4.78 is 0. The number of carbonyl (C=O) groups is 1. The molecule has 106 valence electrons. The van der Waals surface area contributed by atoms with Gasteiger partial charge in [-0.3, -0.25) is 4.79 Å². The largest absolute Gasteiger partial charge is 0.324 e. The molecule has 1 saturated heterocycles. The summed E-state index contributed by atoms with van der Waals surface area (Å²) >= 11 is 0. The molecule has 0 spiro atoms. The first-order chi connectivity index (χ1) is 9.72. The third kappa shape index (κ3) is 3.58. The van der Waals surface area contributed by atoms with Crippen molar-refractivity contribution in [2.24, 2.45) is 5.92 Å². The van der Waals surface area contributed by atoms with Crippen LogP contribution in [0.2, 0.25) is 0 Å². The first-order valence-corrected chi connectivity index (χ1v) is 7.15. The number of amides is 1. The van der Waals surface area contributed by atoms with E-state index < -0.39 is 0 Å². The van der Waals surface area contributed by atoms with E-state index in [1.807, 2.05) is 30.3 Å². The molecule has 1 aromatic rings. The molecule has 2 atom stereocenters. The molecule has 1 heterocycles. The Morgan fingerprint density at radius 1 is 1.45 bits per heavy atom. The minimum atomic E-state index is -0.152.